The summed E-state index contributed by atoms with van der Waals surface area (Å²) in [5.74, 6) is 0.563. The highest BCUT2D eigenvalue weighted by Gasteiger charge is 2.12. The summed E-state index contributed by atoms with van der Waals surface area (Å²) in [6, 6.07) is 12.4. The first-order valence-electron chi connectivity index (χ1n) is 6.90. The third-order valence-electron chi connectivity index (χ3n) is 3.45. The van der Waals surface area contributed by atoms with Gasteiger partial charge in [-0.05, 0) is 48.4 Å². The van der Waals surface area contributed by atoms with E-state index >= 15 is 0 Å². The van der Waals surface area contributed by atoms with Gasteiger partial charge >= 0.3 is 0 Å². The lowest BCUT2D eigenvalue weighted by atomic mass is 10.1. The molecule has 0 fully saturated rings. The fourth-order valence-corrected chi connectivity index (χ4v) is 2.37. The van der Waals surface area contributed by atoms with Gasteiger partial charge in [0.15, 0.2) is 0 Å². The molecule has 1 atom stereocenters. The van der Waals surface area contributed by atoms with Crippen LogP contribution in [0.15, 0.2) is 42.5 Å². The van der Waals surface area contributed by atoms with Crippen LogP contribution in [0.25, 0.3) is 0 Å². The van der Waals surface area contributed by atoms with Crippen molar-refractivity contribution in [1.29, 1.82) is 0 Å². The van der Waals surface area contributed by atoms with Gasteiger partial charge in [-0.1, -0.05) is 12.1 Å². The minimum Gasteiger partial charge on any atom is -0.497 e. The number of hydrogen-bond donors (Lipinski definition) is 1. The summed E-state index contributed by atoms with van der Waals surface area (Å²) in [4.78, 5) is 2.06. The highest BCUT2D eigenvalue weighted by atomic mass is 19.1. The first-order chi connectivity index (χ1) is 10.0. The second kappa shape index (κ2) is 6.59. The number of methoxy groups -OCH3 is 1. The summed E-state index contributed by atoms with van der Waals surface area (Å²) in [7, 11) is 3.62. The summed E-state index contributed by atoms with van der Waals surface area (Å²) in [6.45, 7) is 2.56. The van der Waals surface area contributed by atoms with Crippen molar-refractivity contribution in [1.82, 2.24) is 0 Å². The molecular weight excluding hydrogens is 267 g/mol. The Hall–Kier alpha value is -2.07. The second-order valence-corrected chi connectivity index (χ2v) is 5.20. The van der Waals surface area contributed by atoms with Crippen LogP contribution in [0.4, 0.5) is 10.1 Å². The zero-order valence-corrected chi connectivity index (χ0v) is 12.6. The molecule has 4 heteroatoms. The SMILES string of the molecule is COc1cccc(CN(C)c2ccc(F)cc2[C@@H](C)N)c1. The topological polar surface area (TPSA) is 38.5 Å². The van der Waals surface area contributed by atoms with E-state index < -0.39 is 0 Å². The Bertz CT molecular complexity index is 613. The number of rotatable bonds is 5. The van der Waals surface area contributed by atoms with Crippen LogP contribution in [-0.2, 0) is 6.54 Å². The van der Waals surface area contributed by atoms with Gasteiger partial charge in [0.25, 0.3) is 0 Å². The number of nitrogens with zero attached hydrogens (tertiary/aromatic N) is 1. The monoisotopic (exact) mass is 288 g/mol. The lowest BCUT2D eigenvalue weighted by Gasteiger charge is -2.24. The fourth-order valence-electron chi connectivity index (χ4n) is 2.37. The van der Waals surface area contributed by atoms with E-state index in [-0.39, 0.29) is 11.9 Å². The molecule has 0 aliphatic rings. The van der Waals surface area contributed by atoms with Gasteiger partial charge in [-0.15, -0.1) is 0 Å². The maximum absolute atomic E-state index is 13.4. The summed E-state index contributed by atoms with van der Waals surface area (Å²) in [5.41, 5.74) is 8.81. The molecule has 0 saturated carbocycles. The standard InChI is InChI=1S/C17H21FN2O/c1-12(19)16-10-14(18)7-8-17(16)20(2)11-13-5-4-6-15(9-13)21-3/h4-10,12H,11,19H2,1-3H3/t12-/m1/s1. The molecule has 0 bridgehead atoms. The average Bonchev–Trinajstić information content (AvgIpc) is 2.47. The molecule has 0 radical (unpaired) electrons. The molecule has 0 aliphatic heterocycles. The number of hydrogen-bond acceptors (Lipinski definition) is 3. The largest absolute Gasteiger partial charge is 0.497 e. The minimum atomic E-state index is -0.263. The molecule has 0 unspecified atom stereocenters. The fraction of sp³-hybridized carbons (Fsp3) is 0.294. The molecule has 0 spiro atoms. The van der Waals surface area contributed by atoms with Crippen LogP contribution in [0.3, 0.4) is 0 Å². The molecule has 0 saturated heterocycles. The van der Waals surface area contributed by atoms with E-state index in [1.54, 1.807) is 13.2 Å². The molecule has 21 heavy (non-hydrogen) atoms. The molecule has 2 rings (SSSR count). The normalized spacial score (nSPS) is 12.0. The van der Waals surface area contributed by atoms with Crippen molar-refractivity contribution in [3.05, 3.63) is 59.4 Å². The Morgan fingerprint density at radius 3 is 2.67 bits per heavy atom. The first-order valence-corrected chi connectivity index (χ1v) is 6.90. The van der Waals surface area contributed by atoms with Crippen molar-refractivity contribution in [2.75, 3.05) is 19.1 Å². The van der Waals surface area contributed by atoms with Crippen molar-refractivity contribution >= 4 is 5.69 Å². The quantitative estimate of drug-likeness (QED) is 0.915. The predicted molar refractivity (Wildman–Crippen MR) is 84.1 cm³/mol. The zero-order valence-electron chi connectivity index (χ0n) is 12.6. The van der Waals surface area contributed by atoms with E-state index in [4.69, 9.17) is 10.5 Å². The van der Waals surface area contributed by atoms with Gasteiger partial charge in [-0.3, -0.25) is 0 Å². The number of ether oxygens (including phenoxy) is 1. The summed E-state index contributed by atoms with van der Waals surface area (Å²) in [6.07, 6.45) is 0. The first kappa shape index (κ1) is 15.3. The summed E-state index contributed by atoms with van der Waals surface area (Å²) in [5, 5.41) is 0. The average molecular weight is 288 g/mol. The van der Waals surface area contributed by atoms with Crippen molar-refractivity contribution < 1.29 is 9.13 Å². The predicted octanol–water partition coefficient (Wildman–Crippen LogP) is 3.49. The number of anilines is 1. The van der Waals surface area contributed by atoms with Gasteiger partial charge in [-0.2, -0.15) is 0 Å². The van der Waals surface area contributed by atoms with Crippen LogP contribution in [0.5, 0.6) is 5.75 Å². The lowest BCUT2D eigenvalue weighted by Crippen LogP contribution is -2.20. The highest BCUT2D eigenvalue weighted by molar-refractivity contribution is 5.55. The minimum absolute atomic E-state index is 0.219. The molecule has 0 aromatic heterocycles. The molecule has 0 heterocycles. The molecule has 2 aromatic carbocycles. The Morgan fingerprint density at radius 1 is 1.24 bits per heavy atom. The Labute approximate surface area is 125 Å². The van der Waals surface area contributed by atoms with Crippen LogP contribution < -0.4 is 15.4 Å². The number of halogens is 1. The van der Waals surface area contributed by atoms with Gasteiger partial charge in [0.1, 0.15) is 11.6 Å². The second-order valence-electron chi connectivity index (χ2n) is 5.20. The Morgan fingerprint density at radius 2 is 2.00 bits per heavy atom. The van der Waals surface area contributed by atoms with Crippen molar-refractivity contribution in [2.45, 2.75) is 19.5 Å². The molecule has 112 valence electrons. The third-order valence-corrected chi connectivity index (χ3v) is 3.45. The van der Waals surface area contributed by atoms with Crippen molar-refractivity contribution in [2.24, 2.45) is 5.73 Å². The van der Waals surface area contributed by atoms with Gasteiger partial charge in [0.05, 0.1) is 7.11 Å². The number of benzene rings is 2. The van der Waals surface area contributed by atoms with E-state index in [9.17, 15) is 4.39 Å². The maximum Gasteiger partial charge on any atom is 0.123 e. The molecule has 0 amide bonds. The molecular formula is C17H21FN2O. The van der Waals surface area contributed by atoms with Gasteiger partial charge < -0.3 is 15.4 Å². The zero-order chi connectivity index (χ0) is 15.4. The van der Waals surface area contributed by atoms with E-state index in [2.05, 4.69) is 4.90 Å². The Kier molecular flexibility index (Phi) is 4.81. The summed E-state index contributed by atoms with van der Waals surface area (Å²) >= 11 is 0. The molecule has 0 aliphatic carbocycles. The van der Waals surface area contributed by atoms with Gasteiger partial charge in [0, 0.05) is 25.3 Å². The van der Waals surface area contributed by atoms with E-state index in [1.807, 2.05) is 38.2 Å². The Balaban J connectivity index is 2.25. The molecule has 2 aromatic rings. The van der Waals surface area contributed by atoms with E-state index in [0.717, 1.165) is 22.6 Å². The molecule has 3 nitrogen and oxygen atoms in total. The number of nitrogens with two attached hydrogens (primary N) is 1. The van der Waals surface area contributed by atoms with Crippen LogP contribution >= 0.6 is 0 Å². The van der Waals surface area contributed by atoms with Gasteiger partial charge in [-0.25, -0.2) is 4.39 Å². The van der Waals surface area contributed by atoms with Crippen LogP contribution in [0.2, 0.25) is 0 Å². The summed E-state index contributed by atoms with van der Waals surface area (Å²) < 4.78 is 18.6. The maximum atomic E-state index is 13.4. The lowest BCUT2D eigenvalue weighted by molar-refractivity contribution is 0.414. The van der Waals surface area contributed by atoms with Crippen molar-refractivity contribution in [3.8, 4) is 5.75 Å². The van der Waals surface area contributed by atoms with Crippen LogP contribution in [0.1, 0.15) is 24.1 Å². The smallest absolute Gasteiger partial charge is 0.123 e. The van der Waals surface area contributed by atoms with Crippen LogP contribution in [-0.4, -0.2) is 14.2 Å². The highest BCUT2D eigenvalue weighted by Crippen LogP contribution is 2.27. The van der Waals surface area contributed by atoms with Gasteiger partial charge in [0.2, 0.25) is 0 Å². The van der Waals surface area contributed by atoms with E-state index in [1.165, 1.54) is 12.1 Å². The van der Waals surface area contributed by atoms with E-state index in [0.29, 0.717) is 6.54 Å². The van der Waals surface area contributed by atoms with Crippen molar-refractivity contribution in [3.63, 3.8) is 0 Å². The third kappa shape index (κ3) is 3.73. The molecule has 2 N–H and O–H groups in total. The van der Waals surface area contributed by atoms with Crippen LogP contribution in [0, 0.1) is 5.82 Å².